The molecule has 2 saturated heterocycles. The molecule has 2 aliphatic rings. The molecule has 2 fully saturated rings. The SMILES string of the molecule is O=C1CCN2C(c3ccc4ccccc4c3)CN(Cc3ccccc3)CN12. The molecule has 4 nitrogen and oxygen atoms in total. The molecule has 0 aliphatic carbocycles. The Morgan fingerprint density at radius 1 is 0.889 bits per heavy atom. The van der Waals surface area contributed by atoms with Gasteiger partial charge in [-0.2, -0.15) is 0 Å². The first-order valence-corrected chi connectivity index (χ1v) is 9.60. The summed E-state index contributed by atoms with van der Waals surface area (Å²) in [6, 6.07) is 25.9. The number of rotatable bonds is 3. The molecule has 0 spiro atoms. The van der Waals surface area contributed by atoms with Crippen molar-refractivity contribution in [1.82, 2.24) is 14.9 Å². The smallest absolute Gasteiger partial charge is 0.239 e. The predicted octanol–water partition coefficient (Wildman–Crippen LogP) is 3.80. The van der Waals surface area contributed by atoms with Crippen LogP contribution in [-0.4, -0.2) is 40.6 Å². The highest BCUT2D eigenvalue weighted by atomic mass is 16.2. The van der Waals surface area contributed by atoms with Crippen LogP contribution in [-0.2, 0) is 11.3 Å². The van der Waals surface area contributed by atoms with Crippen molar-refractivity contribution in [2.24, 2.45) is 0 Å². The maximum atomic E-state index is 12.5. The van der Waals surface area contributed by atoms with Gasteiger partial charge in [-0.1, -0.05) is 66.7 Å². The van der Waals surface area contributed by atoms with E-state index in [1.165, 1.54) is 21.9 Å². The van der Waals surface area contributed by atoms with Crippen molar-refractivity contribution in [2.45, 2.75) is 19.0 Å². The van der Waals surface area contributed by atoms with E-state index in [0.717, 1.165) is 19.6 Å². The second-order valence-electron chi connectivity index (χ2n) is 7.47. The molecule has 0 radical (unpaired) electrons. The number of hydrogen-bond acceptors (Lipinski definition) is 3. The maximum Gasteiger partial charge on any atom is 0.239 e. The lowest BCUT2D eigenvalue weighted by atomic mass is 10.00. The van der Waals surface area contributed by atoms with Gasteiger partial charge >= 0.3 is 0 Å². The van der Waals surface area contributed by atoms with Crippen molar-refractivity contribution in [3.63, 3.8) is 0 Å². The minimum absolute atomic E-state index is 0.207. The van der Waals surface area contributed by atoms with Crippen LogP contribution in [0.15, 0.2) is 72.8 Å². The Labute approximate surface area is 159 Å². The summed E-state index contributed by atoms with van der Waals surface area (Å²) in [4.78, 5) is 14.8. The van der Waals surface area contributed by atoms with E-state index in [9.17, 15) is 4.79 Å². The average molecular weight is 357 g/mol. The van der Waals surface area contributed by atoms with Crippen LogP contribution in [0.25, 0.3) is 10.8 Å². The summed E-state index contributed by atoms with van der Waals surface area (Å²) in [5.74, 6) is 0.235. The van der Waals surface area contributed by atoms with Gasteiger partial charge in [0.1, 0.15) is 0 Å². The van der Waals surface area contributed by atoms with Crippen molar-refractivity contribution < 1.29 is 4.79 Å². The van der Waals surface area contributed by atoms with Crippen LogP contribution < -0.4 is 0 Å². The molecule has 2 heterocycles. The first-order valence-electron chi connectivity index (χ1n) is 9.60. The zero-order valence-corrected chi connectivity index (χ0v) is 15.3. The van der Waals surface area contributed by atoms with Gasteiger partial charge in [0.25, 0.3) is 0 Å². The van der Waals surface area contributed by atoms with E-state index in [0.29, 0.717) is 13.1 Å². The van der Waals surface area contributed by atoms with E-state index >= 15 is 0 Å². The standard InChI is InChI=1S/C23H23N3O/c27-23-12-13-25-22(21-11-10-19-8-4-5-9-20(19)14-21)16-24(17-26(23)25)15-18-6-2-1-3-7-18/h1-11,14,22H,12-13,15-17H2. The van der Waals surface area contributed by atoms with Crippen LogP contribution in [0.3, 0.4) is 0 Å². The second kappa shape index (κ2) is 6.80. The quantitative estimate of drug-likeness (QED) is 0.713. The topological polar surface area (TPSA) is 26.8 Å². The molecule has 0 N–H and O–H groups in total. The minimum Gasteiger partial charge on any atom is -0.278 e. The van der Waals surface area contributed by atoms with Gasteiger partial charge in [-0.15, -0.1) is 0 Å². The van der Waals surface area contributed by atoms with E-state index in [2.05, 4.69) is 76.6 Å². The Kier molecular flexibility index (Phi) is 4.15. The zero-order chi connectivity index (χ0) is 18.2. The third-order valence-electron chi connectivity index (χ3n) is 5.68. The molecule has 2 aliphatic heterocycles. The first kappa shape index (κ1) is 16.5. The van der Waals surface area contributed by atoms with Gasteiger partial charge in [0.05, 0.1) is 12.7 Å². The van der Waals surface area contributed by atoms with Crippen molar-refractivity contribution in [2.75, 3.05) is 19.8 Å². The van der Waals surface area contributed by atoms with Crippen LogP contribution in [0.1, 0.15) is 23.6 Å². The van der Waals surface area contributed by atoms with Gasteiger partial charge in [-0.05, 0) is 28.0 Å². The fraction of sp³-hybridized carbons (Fsp3) is 0.261. The molecule has 27 heavy (non-hydrogen) atoms. The van der Waals surface area contributed by atoms with Crippen molar-refractivity contribution in [1.29, 1.82) is 0 Å². The number of carbonyl (C=O) groups excluding carboxylic acids is 1. The molecular weight excluding hydrogens is 334 g/mol. The Morgan fingerprint density at radius 3 is 2.52 bits per heavy atom. The van der Waals surface area contributed by atoms with Crippen LogP contribution in [0.2, 0.25) is 0 Å². The monoisotopic (exact) mass is 357 g/mol. The van der Waals surface area contributed by atoms with Gasteiger partial charge in [0, 0.05) is 26.1 Å². The van der Waals surface area contributed by atoms with E-state index < -0.39 is 0 Å². The van der Waals surface area contributed by atoms with Crippen LogP contribution in [0, 0.1) is 0 Å². The number of hydrogen-bond donors (Lipinski definition) is 0. The Balaban J connectivity index is 1.47. The molecule has 0 saturated carbocycles. The molecule has 136 valence electrons. The Hall–Kier alpha value is -2.69. The molecule has 0 aromatic heterocycles. The number of benzene rings is 3. The van der Waals surface area contributed by atoms with E-state index in [1.54, 1.807) is 0 Å². The maximum absolute atomic E-state index is 12.5. The normalized spacial score (nSPS) is 21.0. The molecule has 1 atom stereocenters. The van der Waals surface area contributed by atoms with Crippen molar-refractivity contribution in [3.8, 4) is 0 Å². The summed E-state index contributed by atoms with van der Waals surface area (Å²) in [5, 5.41) is 6.74. The largest absolute Gasteiger partial charge is 0.278 e. The molecule has 3 aromatic rings. The minimum atomic E-state index is 0.207. The molecule has 0 bridgehead atoms. The Bertz CT molecular complexity index is 972. The lowest BCUT2D eigenvalue weighted by Gasteiger charge is -2.45. The fourth-order valence-corrected chi connectivity index (χ4v) is 4.32. The van der Waals surface area contributed by atoms with E-state index in [4.69, 9.17) is 0 Å². The average Bonchev–Trinajstić information content (AvgIpc) is 3.09. The van der Waals surface area contributed by atoms with Crippen LogP contribution >= 0.6 is 0 Å². The summed E-state index contributed by atoms with van der Waals surface area (Å²) in [6.45, 7) is 3.28. The summed E-state index contributed by atoms with van der Waals surface area (Å²) in [5.41, 5.74) is 2.57. The summed E-state index contributed by atoms with van der Waals surface area (Å²) >= 11 is 0. The van der Waals surface area contributed by atoms with Crippen LogP contribution in [0.4, 0.5) is 0 Å². The first-order chi connectivity index (χ1) is 13.3. The number of nitrogens with zero attached hydrogens (tertiary/aromatic N) is 3. The molecule has 1 unspecified atom stereocenters. The van der Waals surface area contributed by atoms with E-state index in [1.807, 2.05) is 11.1 Å². The fourth-order valence-electron chi connectivity index (χ4n) is 4.32. The molecule has 1 amide bonds. The van der Waals surface area contributed by atoms with Gasteiger partial charge in [-0.3, -0.25) is 14.7 Å². The van der Waals surface area contributed by atoms with Gasteiger partial charge in [0.2, 0.25) is 5.91 Å². The number of hydrazine groups is 1. The van der Waals surface area contributed by atoms with E-state index in [-0.39, 0.29) is 11.9 Å². The van der Waals surface area contributed by atoms with Gasteiger partial charge < -0.3 is 0 Å². The third kappa shape index (κ3) is 3.11. The summed E-state index contributed by atoms with van der Waals surface area (Å²) in [7, 11) is 0. The number of amides is 1. The van der Waals surface area contributed by atoms with Crippen molar-refractivity contribution >= 4 is 16.7 Å². The predicted molar refractivity (Wildman–Crippen MR) is 107 cm³/mol. The van der Waals surface area contributed by atoms with Crippen LogP contribution in [0.5, 0.6) is 0 Å². The zero-order valence-electron chi connectivity index (χ0n) is 15.3. The number of carbonyl (C=O) groups is 1. The Morgan fingerprint density at radius 2 is 1.67 bits per heavy atom. The highest BCUT2D eigenvalue weighted by molar-refractivity contribution is 5.83. The lowest BCUT2D eigenvalue weighted by Crippen LogP contribution is -2.55. The van der Waals surface area contributed by atoms with Gasteiger partial charge in [-0.25, -0.2) is 5.01 Å². The lowest BCUT2D eigenvalue weighted by molar-refractivity contribution is -0.158. The highest BCUT2D eigenvalue weighted by Gasteiger charge is 2.40. The highest BCUT2D eigenvalue weighted by Crippen LogP contribution is 2.33. The summed E-state index contributed by atoms with van der Waals surface area (Å²) in [6.07, 6.45) is 0.614. The molecule has 3 aromatic carbocycles. The van der Waals surface area contributed by atoms with Crippen molar-refractivity contribution in [3.05, 3.63) is 83.9 Å². The van der Waals surface area contributed by atoms with Gasteiger partial charge in [0.15, 0.2) is 0 Å². The third-order valence-corrected chi connectivity index (χ3v) is 5.68. The second-order valence-corrected chi connectivity index (χ2v) is 7.47. The molecular formula is C23H23N3O. The number of fused-ring (bicyclic) bond motifs is 2. The summed E-state index contributed by atoms with van der Waals surface area (Å²) < 4.78 is 0. The molecule has 5 rings (SSSR count). The molecule has 4 heteroatoms.